The van der Waals surface area contributed by atoms with E-state index in [-0.39, 0.29) is 31.6 Å². The first-order valence-corrected chi connectivity index (χ1v) is 16.4. The monoisotopic (exact) mass is 649 g/mol. The van der Waals surface area contributed by atoms with Crippen LogP contribution < -0.4 is 20.1 Å². The smallest absolute Gasteiger partial charge is 0.341 e. The molecule has 2 heterocycles. The Kier molecular flexibility index (Phi) is 10.7. The number of nitrogens with zero attached hydrogens (tertiary/aromatic N) is 3. The highest BCUT2D eigenvalue weighted by atomic mass is 32.2. The van der Waals surface area contributed by atoms with E-state index in [4.69, 9.17) is 14.2 Å². The summed E-state index contributed by atoms with van der Waals surface area (Å²) in [6.07, 6.45) is 3.72. The number of hydrogen-bond acceptors (Lipinski definition) is 10. The van der Waals surface area contributed by atoms with Crippen LogP contribution in [0, 0.1) is 0 Å². The van der Waals surface area contributed by atoms with Crippen LogP contribution in [0.2, 0.25) is 0 Å². The van der Waals surface area contributed by atoms with Crippen molar-refractivity contribution in [3.05, 3.63) is 76.4 Å². The number of anilines is 1. The number of methoxy groups -OCH3 is 1. The molecule has 0 saturated carbocycles. The van der Waals surface area contributed by atoms with Crippen LogP contribution in [0.15, 0.2) is 59.8 Å². The van der Waals surface area contributed by atoms with Crippen molar-refractivity contribution in [3.63, 3.8) is 0 Å². The highest BCUT2D eigenvalue weighted by molar-refractivity contribution is 8.00. The zero-order valence-electron chi connectivity index (χ0n) is 25.3. The number of carbonyl (C=O) groups is 3. The van der Waals surface area contributed by atoms with Gasteiger partial charge in [-0.25, -0.2) is 4.79 Å². The number of benzene rings is 2. The van der Waals surface area contributed by atoms with Crippen LogP contribution in [0.25, 0.3) is 5.69 Å². The molecule has 13 heteroatoms. The molecule has 0 saturated heterocycles. The Morgan fingerprint density at radius 2 is 1.80 bits per heavy atom. The number of nitrogens with one attached hydrogen (secondary N) is 2. The quantitative estimate of drug-likeness (QED) is 0.148. The second-order valence-electron chi connectivity index (χ2n) is 10.2. The average Bonchev–Trinajstić information content (AvgIpc) is 3.63. The number of esters is 1. The summed E-state index contributed by atoms with van der Waals surface area (Å²) in [6, 6.07) is 16.4. The van der Waals surface area contributed by atoms with Gasteiger partial charge in [0.2, 0.25) is 5.91 Å². The lowest BCUT2D eigenvalue weighted by Gasteiger charge is -2.16. The summed E-state index contributed by atoms with van der Waals surface area (Å²) in [6.45, 7) is 3.69. The van der Waals surface area contributed by atoms with E-state index in [0.717, 1.165) is 36.1 Å². The number of thioether (sulfide) groups is 1. The van der Waals surface area contributed by atoms with Gasteiger partial charge in [0.1, 0.15) is 16.5 Å². The molecule has 0 bridgehead atoms. The fourth-order valence-electron chi connectivity index (χ4n) is 4.94. The van der Waals surface area contributed by atoms with Gasteiger partial charge in [0.25, 0.3) is 5.91 Å². The zero-order chi connectivity index (χ0) is 31.8. The Hall–Kier alpha value is -4.36. The minimum absolute atomic E-state index is 0.0623. The van der Waals surface area contributed by atoms with Crippen molar-refractivity contribution in [1.29, 1.82) is 0 Å². The lowest BCUT2D eigenvalue weighted by molar-refractivity contribution is -0.123. The molecule has 11 nitrogen and oxygen atoms in total. The third-order valence-electron chi connectivity index (χ3n) is 7.12. The fraction of sp³-hybridized carbons (Fsp3) is 0.344. The molecular weight excluding hydrogens is 615 g/mol. The van der Waals surface area contributed by atoms with E-state index in [1.165, 1.54) is 23.1 Å². The molecule has 1 aliphatic rings. The van der Waals surface area contributed by atoms with Crippen LogP contribution in [0.3, 0.4) is 0 Å². The maximum atomic E-state index is 13.5. The number of hydrogen-bond donors (Lipinski definition) is 2. The molecule has 0 fully saturated rings. The van der Waals surface area contributed by atoms with Crippen molar-refractivity contribution in [2.45, 2.75) is 56.5 Å². The first kappa shape index (κ1) is 32.0. The van der Waals surface area contributed by atoms with Gasteiger partial charge >= 0.3 is 5.97 Å². The van der Waals surface area contributed by atoms with E-state index in [2.05, 4.69) is 20.8 Å². The fourth-order valence-corrected chi connectivity index (χ4v) is 7.10. The topological polar surface area (TPSA) is 134 Å². The van der Waals surface area contributed by atoms with Crippen molar-refractivity contribution in [2.75, 3.05) is 25.6 Å². The van der Waals surface area contributed by atoms with Crippen molar-refractivity contribution in [2.24, 2.45) is 0 Å². The summed E-state index contributed by atoms with van der Waals surface area (Å²) in [4.78, 5) is 40.1. The number of para-hydroxylation sites is 3. The van der Waals surface area contributed by atoms with E-state index in [1.807, 2.05) is 42.5 Å². The maximum Gasteiger partial charge on any atom is 0.341 e. The van der Waals surface area contributed by atoms with Crippen molar-refractivity contribution >= 4 is 45.9 Å². The molecule has 0 aliphatic heterocycles. The number of amides is 2. The second kappa shape index (κ2) is 15.1. The van der Waals surface area contributed by atoms with Gasteiger partial charge in [-0.05, 0) is 69.4 Å². The molecule has 4 aromatic rings. The highest BCUT2D eigenvalue weighted by Gasteiger charge is 2.29. The molecule has 5 rings (SSSR count). The van der Waals surface area contributed by atoms with E-state index in [9.17, 15) is 14.4 Å². The van der Waals surface area contributed by atoms with E-state index in [1.54, 1.807) is 37.7 Å². The minimum atomic E-state index is -0.612. The predicted molar refractivity (Wildman–Crippen MR) is 173 cm³/mol. The van der Waals surface area contributed by atoms with Gasteiger partial charge in [0.15, 0.2) is 17.6 Å². The van der Waals surface area contributed by atoms with Gasteiger partial charge in [-0.2, -0.15) is 0 Å². The normalized spacial score (nSPS) is 13.0. The molecule has 0 radical (unpaired) electrons. The Morgan fingerprint density at radius 3 is 2.58 bits per heavy atom. The molecule has 0 spiro atoms. The van der Waals surface area contributed by atoms with Crippen molar-refractivity contribution in [3.8, 4) is 17.2 Å². The third-order valence-corrected chi connectivity index (χ3v) is 9.37. The van der Waals surface area contributed by atoms with Crippen LogP contribution in [0.5, 0.6) is 11.5 Å². The van der Waals surface area contributed by atoms with Crippen molar-refractivity contribution in [1.82, 2.24) is 20.1 Å². The molecular formula is C32H35N5O6S2. The first-order chi connectivity index (χ1) is 21.9. The number of rotatable bonds is 13. The van der Waals surface area contributed by atoms with Gasteiger partial charge in [-0.3, -0.25) is 14.2 Å². The van der Waals surface area contributed by atoms with Gasteiger partial charge in [0.05, 0.1) is 36.8 Å². The van der Waals surface area contributed by atoms with Crippen LogP contribution in [0.4, 0.5) is 5.00 Å². The number of carbonyl (C=O) groups excluding carboxylic acids is 3. The summed E-state index contributed by atoms with van der Waals surface area (Å²) in [5.41, 5.74) is 2.10. The van der Waals surface area contributed by atoms with Gasteiger partial charge < -0.3 is 24.8 Å². The molecule has 2 N–H and O–H groups in total. The molecule has 236 valence electrons. The summed E-state index contributed by atoms with van der Waals surface area (Å²) >= 11 is 2.65. The number of thiophene rings is 1. The van der Waals surface area contributed by atoms with E-state index >= 15 is 0 Å². The predicted octanol–water partition coefficient (Wildman–Crippen LogP) is 5.21. The number of aryl methyl sites for hydroxylation is 1. The van der Waals surface area contributed by atoms with Gasteiger partial charge in [0, 0.05) is 4.88 Å². The highest BCUT2D eigenvalue weighted by Crippen LogP contribution is 2.39. The van der Waals surface area contributed by atoms with E-state index in [0.29, 0.717) is 38.7 Å². The molecule has 1 aliphatic carbocycles. The first-order valence-electron chi connectivity index (χ1n) is 14.7. The van der Waals surface area contributed by atoms with Crippen molar-refractivity contribution < 1.29 is 28.6 Å². The third kappa shape index (κ3) is 7.66. The molecule has 1 atom stereocenters. The van der Waals surface area contributed by atoms with Crippen LogP contribution in [-0.4, -0.2) is 58.1 Å². The second-order valence-corrected chi connectivity index (χ2v) is 12.6. The lowest BCUT2D eigenvalue weighted by atomic mass is 9.95. The van der Waals surface area contributed by atoms with Crippen LogP contribution in [0.1, 0.15) is 53.3 Å². The maximum absolute atomic E-state index is 13.5. The summed E-state index contributed by atoms with van der Waals surface area (Å²) in [5.74, 6) is 0.577. The minimum Gasteiger partial charge on any atom is -0.495 e. The Bertz CT molecular complexity index is 1650. The lowest BCUT2D eigenvalue weighted by Crippen LogP contribution is -2.29. The van der Waals surface area contributed by atoms with Crippen LogP contribution >= 0.6 is 23.1 Å². The molecule has 2 aromatic heterocycles. The van der Waals surface area contributed by atoms with E-state index < -0.39 is 11.2 Å². The largest absolute Gasteiger partial charge is 0.495 e. The molecule has 2 amide bonds. The SMILES string of the molecule is CCOC(=O)c1c(NC(=O)C(C)Sc2nnc(CNC(=O)COc3ccccc3)n2-c2ccccc2OC)sc2c1CCCC2. The number of ether oxygens (including phenoxy) is 3. The summed E-state index contributed by atoms with van der Waals surface area (Å²) < 4.78 is 18.3. The Labute approximate surface area is 269 Å². The number of aromatic nitrogens is 3. The summed E-state index contributed by atoms with van der Waals surface area (Å²) in [5, 5.41) is 14.9. The molecule has 2 aromatic carbocycles. The number of fused-ring (bicyclic) bond motifs is 1. The zero-order valence-corrected chi connectivity index (χ0v) is 27.0. The molecule has 1 unspecified atom stereocenters. The summed E-state index contributed by atoms with van der Waals surface area (Å²) in [7, 11) is 1.57. The van der Waals surface area contributed by atoms with Gasteiger partial charge in [-0.1, -0.05) is 42.1 Å². The molecule has 45 heavy (non-hydrogen) atoms. The standard InChI is InChI=1S/C32H35N5O6S2/c1-4-42-31(40)28-22-14-8-11-17-25(22)45-30(28)34-29(39)20(2)44-32-36-35-26(37(32)23-15-9-10-16-24(23)41-3)18-33-27(38)19-43-21-12-6-5-7-13-21/h5-7,9-10,12-13,15-16,20H,4,8,11,14,17-19H2,1-3H3,(H,33,38)(H,34,39). The van der Waals surface area contributed by atoms with Crippen LogP contribution in [-0.2, 0) is 33.7 Å². The Balaban J connectivity index is 1.34. The Morgan fingerprint density at radius 1 is 1.04 bits per heavy atom. The average molecular weight is 650 g/mol. The van der Waals surface area contributed by atoms with Gasteiger partial charge in [-0.15, -0.1) is 21.5 Å².